The number of nitriles is 1. The van der Waals surface area contributed by atoms with E-state index in [0.717, 1.165) is 18.3 Å². The van der Waals surface area contributed by atoms with Crippen LogP contribution < -0.4 is 4.73 Å². The molecule has 1 N–H and O–H groups in total. The summed E-state index contributed by atoms with van der Waals surface area (Å²) in [4.78, 5) is 24.4. The molecular formula is C27H20ClF3N2O4. The van der Waals surface area contributed by atoms with Crippen LogP contribution in [0.25, 0.3) is 11.1 Å². The third kappa shape index (κ3) is 5.44. The third-order valence-corrected chi connectivity index (χ3v) is 6.90. The smallest absolute Gasteiger partial charge is 0.335 e. The molecule has 0 radical (unpaired) electrons. The molecule has 0 spiro atoms. The number of Topliss-reactive ketones (excluding diaryl/α,β-unsaturated/α-hetero) is 1. The molecule has 6 nitrogen and oxygen atoms in total. The number of halogens is 4. The van der Waals surface area contributed by atoms with Gasteiger partial charge >= 0.3 is 5.97 Å². The van der Waals surface area contributed by atoms with Crippen LogP contribution >= 0.6 is 11.6 Å². The molecule has 37 heavy (non-hydrogen) atoms. The van der Waals surface area contributed by atoms with Crippen molar-refractivity contribution >= 4 is 23.4 Å². The molecule has 1 aromatic heterocycles. The van der Waals surface area contributed by atoms with Crippen LogP contribution in [-0.4, -0.2) is 16.9 Å². The van der Waals surface area contributed by atoms with E-state index in [1.807, 2.05) is 0 Å². The van der Waals surface area contributed by atoms with Gasteiger partial charge in [0.05, 0.1) is 27.6 Å². The zero-order chi connectivity index (χ0) is 26.9. The number of ketones is 1. The molecule has 1 atom stereocenters. The molecule has 1 aliphatic carbocycles. The lowest BCUT2D eigenvalue weighted by molar-refractivity contribution is -0.614. The molecule has 1 heterocycles. The van der Waals surface area contributed by atoms with E-state index in [9.17, 15) is 33.2 Å². The third-order valence-electron chi connectivity index (χ3n) is 6.61. The minimum absolute atomic E-state index is 0.00142. The normalized spacial score (nSPS) is 14.7. The van der Waals surface area contributed by atoms with E-state index in [0.29, 0.717) is 23.1 Å². The molecule has 0 bridgehead atoms. The SMILES string of the molecule is N#CC1(CC(C(=O)Cc2ccc(C(=O)O)cc2)c2ccc(-c3c(C(F)F)ccc(Cl)c3F)c[n+]2[O-])CC1. The van der Waals surface area contributed by atoms with Gasteiger partial charge in [-0.25, -0.2) is 18.0 Å². The molecule has 0 saturated heterocycles. The van der Waals surface area contributed by atoms with Crippen molar-refractivity contribution in [3.8, 4) is 17.2 Å². The summed E-state index contributed by atoms with van der Waals surface area (Å²) in [6, 6.07) is 12.5. The van der Waals surface area contributed by atoms with Gasteiger partial charge in [0, 0.05) is 23.6 Å². The van der Waals surface area contributed by atoms with Gasteiger partial charge in [-0.15, -0.1) is 0 Å². The van der Waals surface area contributed by atoms with Crippen LogP contribution in [0, 0.1) is 27.8 Å². The molecule has 1 fully saturated rings. The Labute approximate surface area is 215 Å². The van der Waals surface area contributed by atoms with E-state index in [1.54, 1.807) is 0 Å². The Morgan fingerprint density at radius 1 is 1.14 bits per heavy atom. The standard InChI is InChI=1S/C27H20ClF3N2O4/c28-20-7-6-18(25(30)31)23(24(20)29)17-5-8-21(33(37)13-17)19(12-27(14-32)9-10-27)22(34)11-15-1-3-16(4-2-15)26(35)36/h1-8,13,19,25H,9-12H2,(H,35,36). The minimum atomic E-state index is -3.02. The summed E-state index contributed by atoms with van der Waals surface area (Å²) in [5.74, 6) is -3.57. The van der Waals surface area contributed by atoms with E-state index in [4.69, 9.17) is 16.7 Å². The Morgan fingerprint density at radius 2 is 1.81 bits per heavy atom. The number of hydrogen-bond donors (Lipinski definition) is 1. The minimum Gasteiger partial charge on any atom is -0.618 e. The zero-order valence-electron chi connectivity index (χ0n) is 19.3. The number of alkyl halides is 2. The largest absolute Gasteiger partial charge is 0.618 e. The van der Waals surface area contributed by atoms with Gasteiger partial charge < -0.3 is 10.3 Å². The van der Waals surface area contributed by atoms with Gasteiger partial charge in [-0.05, 0) is 49.1 Å². The Morgan fingerprint density at radius 3 is 2.35 bits per heavy atom. The number of carbonyl (C=O) groups excluding carboxylic acids is 1. The number of carboxylic acid groups (broad SMARTS) is 1. The molecule has 3 aromatic rings. The number of nitrogens with zero attached hydrogens (tertiary/aromatic N) is 2. The predicted molar refractivity (Wildman–Crippen MR) is 128 cm³/mol. The first-order valence-corrected chi connectivity index (χ1v) is 11.7. The summed E-state index contributed by atoms with van der Waals surface area (Å²) >= 11 is 5.79. The number of benzene rings is 2. The topological polar surface area (TPSA) is 105 Å². The average molecular weight is 529 g/mol. The summed E-state index contributed by atoms with van der Waals surface area (Å²) in [7, 11) is 0. The number of hydrogen-bond acceptors (Lipinski definition) is 4. The highest BCUT2D eigenvalue weighted by Crippen LogP contribution is 2.51. The Balaban J connectivity index is 1.70. The fourth-order valence-electron chi connectivity index (χ4n) is 4.33. The highest BCUT2D eigenvalue weighted by Gasteiger charge is 2.47. The molecule has 1 unspecified atom stereocenters. The van der Waals surface area contributed by atoms with Gasteiger partial charge in [-0.1, -0.05) is 29.8 Å². The van der Waals surface area contributed by atoms with Crippen LogP contribution in [-0.2, 0) is 11.2 Å². The first-order valence-electron chi connectivity index (χ1n) is 11.3. The summed E-state index contributed by atoms with van der Waals surface area (Å²) < 4.78 is 42.2. The van der Waals surface area contributed by atoms with Crippen molar-refractivity contribution in [3.63, 3.8) is 0 Å². The van der Waals surface area contributed by atoms with Crippen LogP contribution in [0.1, 0.15) is 58.8 Å². The fourth-order valence-corrected chi connectivity index (χ4v) is 4.48. The molecule has 1 aliphatic rings. The van der Waals surface area contributed by atoms with E-state index in [-0.39, 0.29) is 40.5 Å². The molecular weight excluding hydrogens is 509 g/mol. The maximum Gasteiger partial charge on any atom is 0.335 e. The molecule has 1 saturated carbocycles. The fraction of sp³-hybridized carbons (Fsp3) is 0.259. The Bertz CT molecular complexity index is 1420. The second kappa shape index (κ2) is 10.2. The molecule has 2 aromatic carbocycles. The number of aromatic nitrogens is 1. The summed E-state index contributed by atoms with van der Waals surface area (Å²) in [5.41, 5.74) is -1.44. The monoisotopic (exact) mass is 528 g/mol. The summed E-state index contributed by atoms with van der Waals surface area (Å²) in [6.07, 6.45) is -0.985. The Kier molecular flexibility index (Phi) is 7.23. The van der Waals surface area contributed by atoms with Crippen molar-refractivity contribution in [1.82, 2.24) is 0 Å². The summed E-state index contributed by atoms with van der Waals surface area (Å²) in [5, 5.41) is 31.3. The Hall–Kier alpha value is -3.90. The molecule has 0 aliphatic heterocycles. The lowest BCUT2D eigenvalue weighted by atomic mass is 9.84. The predicted octanol–water partition coefficient (Wildman–Crippen LogP) is 6.00. The van der Waals surface area contributed by atoms with Gasteiger partial charge in [0.15, 0.2) is 12.0 Å². The number of rotatable bonds is 9. The molecule has 0 amide bonds. The van der Waals surface area contributed by atoms with Crippen LogP contribution in [0.5, 0.6) is 0 Å². The van der Waals surface area contributed by atoms with E-state index < -0.39 is 40.7 Å². The maximum atomic E-state index is 14.7. The van der Waals surface area contributed by atoms with Gasteiger partial charge in [0.25, 0.3) is 6.43 Å². The number of carbonyl (C=O) groups is 2. The maximum absolute atomic E-state index is 14.7. The lowest BCUT2D eigenvalue weighted by Gasteiger charge is -2.19. The second-order valence-corrected chi connectivity index (χ2v) is 9.50. The van der Waals surface area contributed by atoms with Crippen LogP contribution in [0.2, 0.25) is 5.02 Å². The van der Waals surface area contributed by atoms with Crippen molar-refractivity contribution in [1.29, 1.82) is 5.26 Å². The molecule has 4 rings (SSSR count). The molecule has 10 heteroatoms. The van der Waals surface area contributed by atoms with E-state index in [2.05, 4.69) is 6.07 Å². The van der Waals surface area contributed by atoms with Crippen LogP contribution in [0.3, 0.4) is 0 Å². The highest BCUT2D eigenvalue weighted by atomic mass is 35.5. The van der Waals surface area contributed by atoms with Crippen LogP contribution in [0.4, 0.5) is 13.2 Å². The number of pyridine rings is 1. The van der Waals surface area contributed by atoms with E-state index in [1.165, 1.54) is 36.4 Å². The van der Waals surface area contributed by atoms with Crippen molar-refractivity contribution in [3.05, 3.63) is 93.2 Å². The zero-order valence-corrected chi connectivity index (χ0v) is 20.0. The van der Waals surface area contributed by atoms with Gasteiger partial charge in [-0.3, -0.25) is 4.79 Å². The lowest BCUT2D eigenvalue weighted by Crippen LogP contribution is -2.36. The van der Waals surface area contributed by atoms with Crippen LogP contribution in [0.15, 0.2) is 54.7 Å². The first kappa shape index (κ1) is 26.2. The second-order valence-electron chi connectivity index (χ2n) is 9.09. The first-order chi connectivity index (χ1) is 17.5. The van der Waals surface area contributed by atoms with Crippen molar-refractivity contribution in [2.75, 3.05) is 0 Å². The van der Waals surface area contributed by atoms with Crippen molar-refractivity contribution in [2.24, 2.45) is 5.41 Å². The summed E-state index contributed by atoms with van der Waals surface area (Å²) in [6.45, 7) is 0. The quantitative estimate of drug-likeness (QED) is 0.271. The number of aromatic carboxylic acids is 1. The average Bonchev–Trinajstić information content (AvgIpc) is 3.64. The number of carboxylic acids is 1. The van der Waals surface area contributed by atoms with Gasteiger partial charge in [0.2, 0.25) is 5.69 Å². The van der Waals surface area contributed by atoms with Gasteiger partial charge in [0.1, 0.15) is 11.7 Å². The van der Waals surface area contributed by atoms with Crippen molar-refractivity contribution in [2.45, 2.75) is 38.0 Å². The molecule has 190 valence electrons. The highest BCUT2D eigenvalue weighted by molar-refractivity contribution is 6.31. The van der Waals surface area contributed by atoms with Crippen molar-refractivity contribution < 1.29 is 32.6 Å². The van der Waals surface area contributed by atoms with Gasteiger partial charge in [-0.2, -0.15) is 9.99 Å². The van der Waals surface area contributed by atoms with E-state index >= 15 is 0 Å².